The van der Waals surface area contributed by atoms with E-state index in [0.29, 0.717) is 17.7 Å². The quantitative estimate of drug-likeness (QED) is 0.662. The van der Waals surface area contributed by atoms with E-state index < -0.39 is 0 Å². The summed E-state index contributed by atoms with van der Waals surface area (Å²) in [5.74, 6) is 1.69. The Balaban J connectivity index is 2.26. The molecule has 2 rings (SSSR count). The van der Waals surface area contributed by atoms with Gasteiger partial charge in [0.2, 0.25) is 0 Å². The third kappa shape index (κ3) is 4.04. The van der Waals surface area contributed by atoms with Crippen LogP contribution in [0.1, 0.15) is 76.3 Å². The van der Waals surface area contributed by atoms with Gasteiger partial charge < -0.3 is 10.4 Å². The number of rotatable bonds is 8. The van der Waals surface area contributed by atoms with Gasteiger partial charge in [0.25, 0.3) is 0 Å². The maximum Gasteiger partial charge on any atom is 0.115 e. The molecule has 22 heavy (non-hydrogen) atoms. The minimum atomic E-state index is 0.419. The number of nitrogens with one attached hydrogen (secondary N) is 1. The molecule has 1 aliphatic rings. The molecule has 1 aromatic rings. The molecule has 0 amide bonds. The van der Waals surface area contributed by atoms with Crippen LogP contribution in [0.4, 0.5) is 0 Å². The molecule has 0 radical (unpaired) electrons. The Hall–Kier alpha value is -1.02. The van der Waals surface area contributed by atoms with Gasteiger partial charge in [0.1, 0.15) is 5.75 Å². The molecule has 0 aliphatic heterocycles. The molecule has 0 saturated carbocycles. The van der Waals surface area contributed by atoms with Crippen LogP contribution in [0, 0.1) is 5.92 Å². The molecule has 3 unspecified atom stereocenters. The highest BCUT2D eigenvalue weighted by Crippen LogP contribution is 2.40. The molecule has 1 aromatic carbocycles. The Kier molecular flexibility index (Phi) is 6.75. The van der Waals surface area contributed by atoms with Crippen molar-refractivity contribution in [2.75, 3.05) is 6.54 Å². The molecule has 0 saturated heterocycles. The van der Waals surface area contributed by atoms with Gasteiger partial charge >= 0.3 is 0 Å². The van der Waals surface area contributed by atoms with Gasteiger partial charge in [-0.3, -0.25) is 0 Å². The summed E-state index contributed by atoms with van der Waals surface area (Å²) in [4.78, 5) is 0. The van der Waals surface area contributed by atoms with Crippen molar-refractivity contribution in [3.05, 3.63) is 29.3 Å². The zero-order valence-electron chi connectivity index (χ0n) is 14.6. The van der Waals surface area contributed by atoms with Crippen LogP contribution in [0.25, 0.3) is 0 Å². The van der Waals surface area contributed by atoms with Crippen LogP contribution in [0.2, 0.25) is 0 Å². The molecule has 0 aromatic heterocycles. The van der Waals surface area contributed by atoms with Crippen molar-refractivity contribution < 1.29 is 5.11 Å². The zero-order chi connectivity index (χ0) is 15.9. The predicted octanol–water partition coefficient (Wildman–Crippen LogP) is 5.01. The highest BCUT2D eigenvalue weighted by Gasteiger charge is 2.35. The lowest BCUT2D eigenvalue weighted by Gasteiger charge is -2.40. The van der Waals surface area contributed by atoms with E-state index in [0.717, 1.165) is 18.9 Å². The first-order valence-corrected chi connectivity index (χ1v) is 9.26. The minimum absolute atomic E-state index is 0.419. The number of hydrogen-bond donors (Lipinski definition) is 2. The molecule has 2 N–H and O–H groups in total. The van der Waals surface area contributed by atoms with Gasteiger partial charge in [-0.25, -0.2) is 0 Å². The lowest BCUT2D eigenvalue weighted by atomic mass is 9.70. The predicted molar refractivity (Wildman–Crippen MR) is 94.6 cm³/mol. The summed E-state index contributed by atoms with van der Waals surface area (Å²) in [7, 11) is 0. The number of phenolic OH excluding ortho intramolecular Hbond substituents is 1. The van der Waals surface area contributed by atoms with Crippen molar-refractivity contribution in [1.82, 2.24) is 5.32 Å². The fourth-order valence-electron chi connectivity index (χ4n) is 3.96. The molecular weight excluding hydrogens is 270 g/mol. The van der Waals surface area contributed by atoms with Gasteiger partial charge in [-0.15, -0.1) is 0 Å². The number of unbranched alkanes of at least 4 members (excludes halogenated alkanes) is 2. The third-order valence-electron chi connectivity index (χ3n) is 5.26. The Bertz CT molecular complexity index is 457. The summed E-state index contributed by atoms with van der Waals surface area (Å²) in [5.41, 5.74) is 2.85. The fourth-order valence-corrected chi connectivity index (χ4v) is 3.96. The molecule has 0 bridgehead atoms. The second kappa shape index (κ2) is 8.57. The molecule has 0 spiro atoms. The average Bonchev–Trinajstić information content (AvgIpc) is 2.53. The first-order chi connectivity index (χ1) is 10.7. The van der Waals surface area contributed by atoms with Gasteiger partial charge in [0.05, 0.1) is 0 Å². The second-order valence-electron chi connectivity index (χ2n) is 6.84. The highest BCUT2D eigenvalue weighted by molar-refractivity contribution is 5.40. The van der Waals surface area contributed by atoms with E-state index in [4.69, 9.17) is 0 Å². The summed E-state index contributed by atoms with van der Waals surface area (Å²) in [6, 6.07) is 6.59. The number of benzene rings is 1. The Morgan fingerprint density at radius 2 is 1.91 bits per heavy atom. The normalized spacial score (nSPS) is 24.2. The molecule has 3 atom stereocenters. The summed E-state index contributed by atoms with van der Waals surface area (Å²) >= 11 is 0. The molecule has 2 heteroatoms. The van der Waals surface area contributed by atoms with Crippen LogP contribution in [0.3, 0.4) is 0 Å². The van der Waals surface area contributed by atoms with Crippen LogP contribution in [0.15, 0.2) is 18.2 Å². The Morgan fingerprint density at radius 1 is 1.14 bits per heavy atom. The molecule has 124 valence electrons. The van der Waals surface area contributed by atoms with E-state index >= 15 is 0 Å². The van der Waals surface area contributed by atoms with Gasteiger partial charge in [-0.2, -0.15) is 0 Å². The van der Waals surface area contributed by atoms with Crippen LogP contribution in [-0.4, -0.2) is 17.7 Å². The SMILES string of the molecule is CCCCNC1C(CC)Cc2ccc(O)cc2C1CCCC. The summed E-state index contributed by atoms with van der Waals surface area (Å²) < 4.78 is 0. The van der Waals surface area contributed by atoms with Gasteiger partial charge in [-0.1, -0.05) is 52.5 Å². The van der Waals surface area contributed by atoms with Crippen LogP contribution < -0.4 is 5.32 Å². The first-order valence-electron chi connectivity index (χ1n) is 9.26. The fraction of sp³-hybridized carbons (Fsp3) is 0.700. The minimum Gasteiger partial charge on any atom is -0.508 e. The smallest absolute Gasteiger partial charge is 0.115 e. The van der Waals surface area contributed by atoms with Gasteiger partial charge in [0.15, 0.2) is 0 Å². The molecular formula is C20H33NO. The number of aromatic hydroxyl groups is 1. The Labute approximate surface area is 136 Å². The van der Waals surface area contributed by atoms with Crippen molar-refractivity contribution in [2.45, 2.75) is 77.7 Å². The van der Waals surface area contributed by atoms with Crippen molar-refractivity contribution >= 4 is 0 Å². The van der Waals surface area contributed by atoms with E-state index in [1.54, 1.807) is 0 Å². The summed E-state index contributed by atoms with van der Waals surface area (Å²) in [5, 5.41) is 13.8. The molecule has 0 heterocycles. The second-order valence-corrected chi connectivity index (χ2v) is 6.84. The maximum atomic E-state index is 9.93. The number of hydrogen-bond acceptors (Lipinski definition) is 2. The van der Waals surface area contributed by atoms with Crippen LogP contribution >= 0.6 is 0 Å². The van der Waals surface area contributed by atoms with Crippen molar-refractivity contribution in [2.24, 2.45) is 5.92 Å². The third-order valence-corrected chi connectivity index (χ3v) is 5.26. The van der Waals surface area contributed by atoms with E-state index in [9.17, 15) is 5.11 Å². The maximum absolute atomic E-state index is 9.93. The summed E-state index contributed by atoms with van der Waals surface area (Å²) in [6.07, 6.45) is 8.61. The van der Waals surface area contributed by atoms with Crippen LogP contribution in [-0.2, 0) is 6.42 Å². The van der Waals surface area contributed by atoms with Crippen molar-refractivity contribution in [1.29, 1.82) is 0 Å². The molecule has 1 aliphatic carbocycles. The number of fused-ring (bicyclic) bond motifs is 1. The van der Waals surface area contributed by atoms with Crippen molar-refractivity contribution in [3.8, 4) is 5.75 Å². The number of phenols is 1. The largest absolute Gasteiger partial charge is 0.508 e. The van der Waals surface area contributed by atoms with E-state index in [2.05, 4.69) is 32.2 Å². The highest BCUT2D eigenvalue weighted by atomic mass is 16.3. The van der Waals surface area contributed by atoms with E-state index in [-0.39, 0.29) is 0 Å². The van der Waals surface area contributed by atoms with Crippen molar-refractivity contribution in [3.63, 3.8) is 0 Å². The molecule has 2 nitrogen and oxygen atoms in total. The topological polar surface area (TPSA) is 32.3 Å². The van der Waals surface area contributed by atoms with Gasteiger partial charge in [-0.05, 0) is 60.9 Å². The van der Waals surface area contributed by atoms with Gasteiger partial charge in [0, 0.05) is 6.04 Å². The van der Waals surface area contributed by atoms with Crippen LogP contribution in [0.5, 0.6) is 5.75 Å². The lowest BCUT2D eigenvalue weighted by molar-refractivity contribution is 0.263. The summed E-state index contributed by atoms with van der Waals surface area (Å²) in [6.45, 7) is 7.96. The first kappa shape index (κ1) is 17.3. The average molecular weight is 303 g/mol. The standard InChI is InChI=1S/C20H33NO/c1-4-7-9-18-19-14-17(22)11-10-16(19)13-15(6-3)20(18)21-12-8-5-2/h10-11,14-15,18,20-22H,4-9,12-13H2,1-3H3. The van der Waals surface area contributed by atoms with E-state index in [1.807, 2.05) is 12.1 Å². The van der Waals surface area contributed by atoms with E-state index in [1.165, 1.54) is 49.7 Å². The monoisotopic (exact) mass is 303 g/mol. The lowest BCUT2D eigenvalue weighted by Crippen LogP contribution is -2.45. The molecule has 0 fully saturated rings. The Morgan fingerprint density at radius 3 is 2.59 bits per heavy atom. The zero-order valence-corrected chi connectivity index (χ0v) is 14.6.